The van der Waals surface area contributed by atoms with E-state index < -0.39 is 17.8 Å². The van der Waals surface area contributed by atoms with Crippen LogP contribution < -0.4 is 5.32 Å². The molecule has 0 fully saturated rings. The Labute approximate surface area is 102 Å². The number of alkyl halides is 4. The van der Waals surface area contributed by atoms with Crippen molar-refractivity contribution in [2.45, 2.75) is 18.8 Å². The lowest BCUT2D eigenvalue weighted by molar-refractivity contribution is -0.137. The molecule has 0 saturated heterocycles. The number of nitrogens with one attached hydrogen (secondary N) is 1. The molecule has 0 saturated carbocycles. The first-order valence-electron chi connectivity index (χ1n) is 5.04. The largest absolute Gasteiger partial charge is 0.416 e. The Morgan fingerprint density at radius 1 is 1.24 bits per heavy atom. The van der Waals surface area contributed by atoms with Crippen LogP contribution in [0.3, 0.4) is 0 Å². The van der Waals surface area contributed by atoms with Gasteiger partial charge in [-0.3, -0.25) is 0 Å². The van der Waals surface area contributed by atoms with E-state index in [4.69, 9.17) is 16.7 Å². The van der Waals surface area contributed by atoms with E-state index >= 15 is 0 Å². The summed E-state index contributed by atoms with van der Waals surface area (Å²) in [6.07, 6.45) is -4.95. The Bertz CT molecular complexity index is 340. The van der Waals surface area contributed by atoms with Crippen LogP contribution in [0.25, 0.3) is 0 Å². The number of halogens is 4. The Hall–Kier alpha value is -0.780. The highest BCUT2D eigenvalue weighted by atomic mass is 35.5. The van der Waals surface area contributed by atoms with E-state index in [1.54, 1.807) is 0 Å². The van der Waals surface area contributed by atoms with Crippen molar-refractivity contribution in [3.63, 3.8) is 0 Å². The summed E-state index contributed by atoms with van der Waals surface area (Å²) in [6.45, 7) is 0.705. The second kappa shape index (κ2) is 6.23. The van der Waals surface area contributed by atoms with E-state index in [0.717, 1.165) is 17.7 Å². The van der Waals surface area contributed by atoms with Crippen LogP contribution >= 0.6 is 11.6 Å². The molecule has 17 heavy (non-hydrogen) atoms. The average Bonchev–Trinajstić information content (AvgIpc) is 2.28. The molecule has 1 aromatic rings. The summed E-state index contributed by atoms with van der Waals surface area (Å²) < 4.78 is 36.8. The second-order valence-electron chi connectivity index (χ2n) is 3.63. The molecule has 1 unspecified atom stereocenters. The zero-order valence-electron chi connectivity index (χ0n) is 8.97. The van der Waals surface area contributed by atoms with Gasteiger partial charge in [0.2, 0.25) is 0 Å². The molecule has 0 aromatic heterocycles. The van der Waals surface area contributed by atoms with Crippen molar-refractivity contribution in [3.8, 4) is 0 Å². The molecule has 0 aliphatic carbocycles. The molecule has 2 nitrogen and oxygen atoms in total. The maximum atomic E-state index is 12.3. The minimum atomic E-state index is -4.30. The first-order valence-corrected chi connectivity index (χ1v) is 5.58. The van der Waals surface area contributed by atoms with Gasteiger partial charge >= 0.3 is 6.18 Å². The molecule has 1 rings (SSSR count). The van der Waals surface area contributed by atoms with Gasteiger partial charge in [0.1, 0.15) is 0 Å². The van der Waals surface area contributed by atoms with E-state index in [-0.39, 0.29) is 5.88 Å². The molecular weight excluding hydrogens is 255 g/mol. The van der Waals surface area contributed by atoms with Gasteiger partial charge in [0.05, 0.1) is 11.7 Å². The summed E-state index contributed by atoms with van der Waals surface area (Å²) >= 11 is 5.39. The van der Waals surface area contributed by atoms with Gasteiger partial charge in [-0.2, -0.15) is 13.2 Å². The smallest absolute Gasteiger partial charge is 0.391 e. The second-order valence-corrected chi connectivity index (χ2v) is 3.94. The van der Waals surface area contributed by atoms with Crippen LogP contribution in [0.2, 0.25) is 0 Å². The van der Waals surface area contributed by atoms with Gasteiger partial charge in [0, 0.05) is 19.0 Å². The Morgan fingerprint density at radius 3 is 2.29 bits per heavy atom. The highest BCUT2D eigenvalue weighted by molar-refractivity contribution is 6.18. The van der Waals surface area contributed by atoms with Crippen LogP contribution in [0.4, 0.5) is 13.2 Å². The predicted molar refractivity (Wildman–Crippen MR) is 59.9 cm³/mol. The van der Waals surface area contributed by atoms with Crippen molar-refractivity contribution in [3.05, 3.63) is 35.4 Å². The van der Waals surface area contributed by atoms with Crippen LogP contribution in [0.1, 0.15) is 11.1 Å². The molecule has 96 valence electrons. The van der Waals surface area contributed by atoms with Gasteiger partial charge in [-0.15, -0.1) is 11.6 Å². The van der Waals surface area contributed by atoms with E-state index in [1.165, 1.54) is 12.1 Å². The lowest BCUT2D eigenvalue weighted by Crippen LogP contribution is -2.27. The first-order chi connectivity index (χ1) is 7.93. The fourth-order valence-corrected chi connectivity index (χ4v) is 1.36. The van der Waals surface area contributed by atoms with Crippen LogP contribution in [0, 0.1) is 0 Å². The molecule has 0 heterocycles. The highest BCUT2D eigenvalue weighted by Crippen LogP contribution is 2.28. The molecule has 1 atom stereocenters. The van der Waals surface area contributed by atoms with Crippen molar-refractivity contribution >= 4 is 11.6 Å². The number of hydrogen-bond acceptors (Lipinski definition) is 2. The number of aliphatic hydroxyl groups is 1. The predicted octanol–water partition coefficient (Wildman–Crippen LogP) is 2.39. The Balaban J connectivity index is 2.46. The van der Waals surface area contributed by atoms with Crippen molar-refractivity contribution in [1.29, 1.82) is 0 Å². The third-order valence-electron chi connectivity index (χ3n) is 2.17. The minimum Gasteiger partial charge on any atom is -0.391 e. The third-order valence-corrected chi connectivity index (χ3v) is 2.52. The number of aliphatic hydroxyl groups excluding tert-OH is 1. The van der Waals surface area contributed by atoms with Gasteiger partial charge in [-0.1, -0.05) is 12.1 Å². The van der Waals surface area contributed by atoms with Crippen molar-refractivity contribution in [2.24, 2.45) is 0 Å². The zero-order valence-corrected chi connectivity index (χ0v) is 9.72. The SMILES string of the molecule is OC(CCl)CNCc1ccc(C(F)(F)F)cc1. The molecule has 0 radical (unpaired) electrons. The summed E-state index contributed by atoms with van der Waals surface area (Å²) in [6, 6.07) is 4.88. The van der Waals surface area contributed by atoms with Gasteiger partial charge in [0.25, 0.3) is 0 Å². The van der Waals surface area contributed by atoms with E-state index in [1.807, 2.05) is 0 Å². The number of rotatable bonds is 5. The zero-order chi connectivity index (χ0) is 12.9. The van der Waals surface area contributed by atoms with Gasteiger partial charge in [-0.25, -0.2) is 0 Å². The number of benzene rings is 1. The molecule has 0 bridgehead atoms. The number of hydrogen-bond donors (Lipinski definition) is 2. The fourth-order valence-electron chi connectivity index (χ4n) is 1.25. The summed E-state index contributed by atoms with van der Waals surface area (Å²) in [5, 5.41) is 12.0. The van der Waals surface area contributed by atoms with Crippen LogP contribution in [-0.2, 0) is 12.7 Å². The minimum absolute atomic E-state index is 0.125. The lowest BCUT2D eigenvalue weighted by Gasteiger charge is -2.10. The molecule has 2 N–H and O–H groups in total. The van der Waals surface area contributed by atoms with E-state index in [2.05, 4.69) is 5.32 Å². The molecule has 0 amide bonds. The molecular formula is C11H13ClF3NO. The summed E-state index contributed by atoms with van der Waals surface area (Å²) in [5.74, 6) is 0.125. The molecule has 0 aliphatic heterocycles. The van der Waals surface area contributed by atoms with Gasteiger partial charge < -0.3 is 10.4 Å². The Morgan fingerprint density at radius 2 is 1.82 bits per heavy atom. The first kappa shape index (κ1) is 14.3. The van der Waals surface area contributed by atoms with Crippen molar-refractivity contribution < 1.29 is 18.3 Å². The maximum absolute atomic E-state index is 12.3. The van der Waals surface area contributed by atoms with Crippen LogP contribution in [0.15, 0.2) is 24.3 Å². The summed E-state index contributed by atoms with van der Waals surface area (Å²) in [5.41, 5.74) is 0.0572. The van der Waals surface area contributed by atoms with Gasteiger partial charge in [-0.05, 0) is 17.7 Å². The van der Waals surface area contributed by atoms with Crippen LogP contribution in [0.5, 0.6) is 0 Å². The average molecular weight is 268 g/mol. The fraction of sp³-hybridized carbons (Fsp3) is 0.455. The Kier molecular flexibility index (Phi) is 5.24. The van der Waals surface area contributed by atoms with Gasteiger partial charge in [0.15, 0.2) is 0 Å². The van der Waals surface area contributed by atoms with E-state index in [0.29, 0.717) is 13.1 Å². The quantitative estimate of drug-likeness (QED) is 0.803. The van der Waals surface area contributed by atoms with Crippen molar-refractivity contribution in [1.82, 2.24) is 5.32 Å². The normalized spacial score (nSPS) is 13.7. The monoisotopic (exact) mass is 267 g/mol. The van der Waals surface area contributed by atoms with Crippen molar-refractivity contribution in [2.75, 3.05) is 12.4 Å². The summed E-state index contributed by atoms with van der Waals surface area (Å²) in [4.78, 5) is 0. The topological polar surface area (TPSA) is 32.3 Å². The molecule has 0 spiro atoms. The lowest BCUT2D eigenvalue weighted by atomic mass is 10.1. The maximum Gasteiger partial charge on any atom is 0.416 e. The third kappa shape index (κ3) is 4.93. The highest BCUT2D eigenvalue weighted by Gasteiger charge is 2.29. The molecule has 1 aromatic carbocycles. The molecule has 6 heteroatoms. The van der Waals surface area contributed by atoms with Crippen LogP contribution in [-0.4, -0.2) is 23.6 Å². The molecule has 0 aliphatic rings. The van der Waals surface area contributed by atoms with E-state index in [9.17, 15) is 13.2 Å². The standard InChI is InChI=1S/C11H13ClF3NO/c12-5-10(17)7-16-6-8-1-3-9(4-2-8)11(13,14)15/h1-4,10,16-17H,5-7H2. The summed E-state index contributed by atoms with van der Waals surface area (Å²) in [7, 11) is 0.